The van der Waals surface area contributed by atoms with E-state index in [9.17, 15) is 0 Å². The van der Waals surface area contributed by atoms with Crippen LogP contribution in [0.25, 0.3) is 6.08 Å². The van der Waals surface area contributed by atoms with E-state index in [4.69, 9.17) is 11.6 Å². The largest absolute Gasteiger partial charge is 0.246 e. The number of thiazole rings is 1. The summed E-state index contributed by atoms with van der Waals surface area (Å²) in [6.07, 6.45) is 4.00. The van der Waals surface area contributed by atoms with Gasteiger partial charge in [-0.2, -0.15) is 0 Å². The van der Waals surface area contributed by atoms with E-state index in [0.29, 0.717) is 0 Å². The molecule has 1 aromatic rings. The van der Waals surface area contributed by atoms with Crippen LogP contribution in [0.3, 0.4) is 0 Å². The zero-order valence-electron chi connectivity index (χ0n) is 6.22. The molecule has 0 bridgehead atoms. The van der Waals surface area contributed by atoms with E-state index in [0.717, 1.165) is 22.9 Å². The number of aryl methyl sites for hydroxylation is 2. The molecule has 2 rings (SSSR count). The summed E-state index contributed by atoms with van der Waals surface area (Å²) in [5, 5.41) is 2.10. The van der Waals surface area contributed by atoms with Gasteiger partial charge in [-0.1, -0.05) is 11.6 Å². The van der Waals surface area contributed by atoms with Crippen LogP contribution in [-0.4, -0.2) is 4.98 Å². The molecular weight excluding hydrogens is 178 g/mol. The fourth-order valence-corrected chi connectivity index (χ4v) is 2.44. The molecule has 1 aromatic heterocycles. The third-order valence-electron chi connectivity index (χ3n) is 1.72. The molecule has 0 saturated heterocycles. The maximum absolute atomic E-state index is 5.89. The second-order valence-electron chi connectivity index (χ2n) is 2.64. The molecule has 0 unspecified atom stereocenters. The van der Waals surface area contributed by atoms with Crippen LogP contribution in [0.4, 0.5) is 0 Å². The van der Waals surface area contributed by atoms with Crippen LogP contribution >= 0.6 is 22.9 Å². The van der Waals surface area contributed by atoms with Gasteiger partial charge in [-0.15, -0.1) is 11.3 Å². The van der Waals surface area contributed by atoms with Crippen molar-refractivity contribution in [2.24, 2.45) is 0 Å². The van der Waals surface area contributed by atoms with Gasteiger partial charge in [0.25, 0.3) is 0 Å². The molecule has 0 fully saturated rings. The minimum atomic E-state index is 0.956. The summed E-state index contributed by atoms with van der Waals surface area (Å²) in [6.45, 7) is 2.03. The molecule has 1 heterocycles. The predicted molar refractivity (Wildman–Crippen MR) is 49.0 cm³/mol. The minimum absolute atomic E-state index is 0.956. The number of aromatic nitrogens is 1. The van der Waals surface area contributed by atoms with E-state index in [-0.39, 0.29) is 0 Å². The van der Waals surface area contributed by atoms with Gasteiger partial charge in [-0.25, -0.2) is 4.98 Å². The van der Waals surface area contributed by atoms with Gasteiger partial charge in [0.1, 0.15) is 0 Å². The van der Waals surface area contributed by atoms with E-state index in [2.05, 4.69) is 4.98 Å². The van der Waals surface area contributed by atoms with Crippen molar-refractivity contribution in [1.82, 2.24) is 4.98 Å². The number of hydrogen-bond donors (Lipinski definition) is 0. The van der Waals surface area contributed by atoms with Crippen molar-refractivity contribution in [2.45, 2.75) is 19.8 Å². The topological polar surface area (TPSA) is 12.9 Å². The molecule has 1 aliphatic carbocycles. The molecule has 0 saturated carbocycles. The highest BCUT2D eigenvalue weighted by Gasteiger charge is 2.12. The van der Waals surface area contributed by atoms with Crippen LogP contribution in [0.1, 0.15) is 22.0 Å². The van der Waals surface area contributed by atoms with Crippen molar-refractivity contribution >= 4 is 29.0 Å². The highest BCUT2D eigenvalue weighted by molar-refractivity contribution is 7.12. The molecule has 58 valence electrons. The predicted octanol–water partition coefficient (Wildman–Crippen LogP) is 2.98. The summed E-state index contributed by atoms with van der Waals surface area (Å²) in [5.74, 6) is 0. The molecule has 0 radical (unpaired) electrons. The lowest BCUT2D eigenvalue weighted by atomic mass is 10.1. The lowest BCUT2D eigenvalue weighted by Gasteiger charge is -2.04. The van der Waals surface area contributed by atoms with Gasteiger partial charge in [0.05, 0.1) is 15.6 Å². The Hall–Kier alpha value is -0.340. The van der Waals surface area contributed by atoms with E-state index in [1.165, 1.54) is 10.6 Å². The van der Waals surface area contributed by atoms with E-state index in [1.807, 2.05) is 13.0 Å². The van der Waals surface area contributed by atoms with E-state index >= 15 is 0 Å². The molecule has 1 aliphatic rings. The Morgan fingerprint density at radius 1 is 1.55 bits per heavy atom. The third-order valence-corrected chi connectivity index (χ3v) is 2.98. The van der Waals surface area contributed by atoms with E-state index < -0.39 is 0 Å². The first-order chi connectivity index (χ1) is 5.25. The maximum Gasteiger partial charge on any atom is 0.0903 e. The summed E-state index contributed by atoms with van der Waals surface area (Å²) < 4.78 is 0. The number of allylic oxidation sites excluding steroid dienone is 1. The smallest absolute Gasteiger partial charge is 0.0903 e. The Bertz CT molecular complexity index is 314. The Labute approximate surface area is 74.7 Å². The Morgan fingerprint density at radius 2 is 2.36 bits per heavy atom. The molecule has 0 spiro atoms. The molecule has 0 aromatic carbocycles. The number of rotatable bonds is 0. The van der Waals surface area contributed by atoms with Crippen molar-refractivity contribution in [3.05, 3.63) is 20.6 Å². The summed E-state index contributed by atoms with van der Waals surface area (Å²) in [5.41, 5.74) is 1.22. The fraction of sp³-hybridized carbons (Fsp3) is 0.375. The average molecular weight is 186 g/mol. The summed E-state index contributed by atoms with van der Waals surface area (Å²) in [4.78, 5) is 5.65. The van der Waals surface area contributed by atoms with Crippen molar-refractivity contribution in [3.8, 4) is 0 Å². The van der Waals surface area contributed by atoms with Crippen LogP contribution in [0.2, 0.25) is 0 Å². The first-order valence-corrected chi connectivity index (χ1v) is 4.77. The first kappa shape index (κ1) is 7.32. The molecule has 0 N–H and O–H groups in total. The lowest BCUT2D eigenvalue weighted by Crippen LogP contribution is -1.93. The number of nitrogens with zero attached hydrogens (tertiary/aromatic N) is 1. The molecule has 1 nitrogen and oxygen atoms in total. The van der Waals surface area contributed by atoms with Crippen molar-refractivity contribution in [1.29, 1.82) is 0 Å². The van der Waals surface area contributed by atoms with Crippen LogP contribution in [-0.2, 0) is 6.42 Å². The number of hydrogen-bond acceptors (Lipinski definition) is 2. The van der Waals surface area contributed by atoms with Gasteiger partial charge < -0.3 is 0 Å². The Kier molecular flexibility index (Phi) is 1.74. The second-order valence-corrected chi connectivity index (χ2v) is 4.36. The van der Waals surface area contributed by atoms with Crippen molar-refractivity contribution in [2.75, 3.05) is 0 Å². The monoisotopic (exact) mass is 185 g/mol. The summed E-state index contributed by atoms with van der Waals surface area (Å²) in [7, 11) is 0. The quantitative estimate of drug-likeness (QED) is 0.606. The molecule has 0 atom stereocenters. The average Bonchev–Trinajstić information content (AvgIpc) is 2.27. The third kappa shape index (κ3) is 1.33. The van der Waals surface area contributed by atoms with Crippen LogP contribution in [0.15, 0.2) is 5.03 Å². The summed E-state index contributed by atoms with van der Waals surface area (Å²) >= 11 is 7.62. The van der Waals surface area contributed by atoms with Crippen molar-refractivity contribution in [3.63, 3.8) is 0 Å². The zero-order chi connectivity index (χ0) is 7.84. The molecule has 0 amide bonds. The highest BCUT2D eigenvalue weighted by Crippen LogP contribution is 2.29. The standard InChI is InChI=1S/C8H8ClNS/c1-5-10-7-3-2-6(9)4-8(7)11-5/h4H,2-3H2,1H3. The zero-order valence-corrected chi connectivity index (χ0v) is 7.80. The SMILES string of the molecule is Cc1nc2c(s1)C=C(Cl)CC2. The Balaban J connectivity index is 2.50. The van der Waals surface area contributed by atoms with Gasteiger partial charge >= 0.3 is 0 Å². The van der Waals surface area contributed by atoms with Gasteiger partial charge in [-0.05, 0) is 25.8 Å². The normalized spacial score (nSPS) is 16.0. The highest BCUT2D eigenvalue weighted by atomic mass is 35.5. The summed E-state index contributed by atoms with van der Waals surface area (Å²) in [6, 6.07) is 0. The lowest BCUT2D eigenvalue weighted by molar-refractivity contribution is 0.927. The van der Waals surface area contributed by atoms with Crippen LogP contribution < -0.4 is 0 Å². The second kappa shape index (κ2) is 2.61. The molecule has 0 aliphatic heterocycles. The van der Waals surface area contributed by atoms with Gasteiger partial charge in [0.2, 0.25) is 0 Å². The first-order valence-electron chi connectivity index (χ1n) is 3.58. The van der Waals surface area contributed by atoms with E-state index in [1.54, 1.807) is 11.3 Å². The molecule has 11 heavy (non-hydrogen) atoms. The number of fused-ring (bicyclic) bond motifs is 1. The van der Waals surface area contributed by atoms with Crippen molar-refractivity contribution < 1.29 is 0 Å². The van der Waals surface area contributed by atoms with Crippen LogP contribution in [0, 0.1) is 6.92 Å². The molecular formula is C8H8ClNS. The van der Waals surface area contributed by atoms with Gasteiger partial charge in [0, 0.05) is 5.03 Å². The van der Waals surface area contributed by atoms with Crippen LogP contribution in [0.5, 0.6) is 0 Å². The maximum atomic E-state index is 5.89. The number of halogens is 1. The Morgan fingerprint density at radius 3 is 3.18 bits per heavy atom. The van der Waals surface area contributed by atoms with Gasteiger partial charge in [0.15, 0.2) is 0 Å². The molecule has 3 heteroatoms. The minimum Gasteiger partial charge on any atom is -0.246 e. The van der Waals surface area contributed by atoms with Gasteiger partial charge in [-0.3, -0.25) is 0 Å². The fourth-order valence-electron chi connectivity index (χ4n) is 1.23.